The molecule has 0 unspecified atom stereocenters. The predicted octanol–water partition coefficient (Wildman–Crippen LogP) is 4.15. The van der Waals surface area contributed by atoms with Crippen molar-refractivity contribution < 1.29 is 9.53 Å². The number of pyridine rings is 2. The van der Waals surface area contributed by atoms with E-state index in [9.17, 15) is 4.79 Å². The topological polar surface area (TPSA) is 85.2 Å². The van der Waals surface area contributed by atoms with Gasteiger partial charge in [0.15, 0.2) is 5.65 Å². The molecule has 1 fully saturated rings. The van der Waals surface area contributed by atoms with E-state index in [0.29, 0.717) is 17.8 Å². The largest absolute Gasteiger partial charge is 0.378 e. The van der Waals surface area contributed by atoms with E-state index in [1.54, 1.807) is 6.20 Å². The van der Waals surface area contributed by atoms with Crippen LogP contribution in [0.5, 0.6) is 0 Å². The molecule has 0 bridgehead atoms. The van der Waals surface area contributed by atoms with E-state index >= 15 is 0 Å². The average Bonchev–Trinajstić information content (AvgIpc) is 3.32. The molecule has 5 rings (SSSR count). The van der Waals surface area contributed by atoms with E-state index in [0.717, 1.165) is 59.9 Å². The van der Waals surface area contributed by atoms with Gasteiger partial charge in [0.2, 0.25) is 0 Å². The quantitative estimate of drug-likeness (QED) is 0.456. The second kappa shape index (κ2) is 9.84. The molecule has 0 radical (unpaired) electrons. The summed E-state index contributed by atoms with van der Waals surface area (Å²) >= 11 is 0. The number of ether oxygens (including phenoxy) is 1. The van der Waals surface area contributed by atoms with E-state index in [4.69, 9.17) is 9.72 Å². The minimum atomic E-state index is -0.159. The van der Waals surface area contributed by atoms with Crippen molar-refractivity contribution in [3.8, 4) is 11.3 Å². The van der Waals surface area contributed by atoms with Crippen LogP contribution in [0.4, 0.5) is 5.82 Å². The molecule has 1 N–H and O–H groups in total. The van der Waals surface area contributed by atoms with Crippen LogP contribution in [-0.2, 0) is 11.3 Å². The van der Waals surface area contributed by atoms with Gasteiger partial charge >= 0.3 is 0 Å². The summed E-state index contributed by atoms with van der Waals surface area (Å²) in [5, 5.41) is 8.32. The molecule has 0 spiro atoms. The number of rotatable bonds is 6. The number of carbonyl (C=O) groups is 1. The number of aromatic nitrogens is 4. The molecule has 4 heterocycles. The molecule has 0 saturated carbocycles. The van der Waals surface area contributed by atoms with Crippen LogP contribution in [0.2, 0.25) is 0 Å². The number of amides is 1. The summed E-state index contributed by atoms with van der Waals surface area (Å²) in [4.78, 5) is 25.1. The Kier molecular flexibility index (Phi) is 6.46. The van der Waals surface area contributed by atoms with Crippen LogP contribution in [0.15, 0.2) is 54.9 Å². The molecule has 1 aliphatic rings. The molecule has 0 aliphatic carbocycles. The summed E-state index contributed by atoms with van der Waals surface area (Å²) in [6.07, 6.45) is 3.56. The lowest BCUT2D eigenvalue weighted by atomic mass is 10.0. The number of morpholine rings is 1. The maximum Gasteiger partial charge on any atom is 0.252 e. The van der Waals surface area contributed by atoms with Crippen LogP contribution < -0.4 is 10.2 Å². The van der Waals surface area contributed by atoms with E-state index in [-0.39, 0.29) is 11.9 Å². The van der Waals surface area contributed by atoms with Gasteiger partial charge in [-0.15, -0.1) is 0 Å². The van der Waals surface area contributed by atoms with E-state index in [1.807, 2.05) is 60.3 Å². The second-order valence-corrected chi connectivity index (χ2v) is 9.10. The van der Waals surface area contributed by atoms with Crippen molar-refractivity contribution in [2.45, 2.75) is 33.4 Å². The Hall–Kier alpha value is -3.78. The molecule has 35 heavy (non-hydrogen) atoms. The fourth-order valence-corrected chi connectivity index (χ4v) is 4.36. The highest BCUT2D eigenvalue weighted by Gasteiger charge is 2.19. The number of anilines is 1. The molecule has 1 amide bonds. The lowest BCUT2D eigenvalue weighted by molar-refractivity contribution is 0.0952. The van der Waals surface area contributed by atoms with Crippen molar-refractivity contribution in [3.63, 3.8) is 0 Å². The maximum atomic E-state index is 13.4. The zero-order valence-electron chi connectivity index (χ0n) is 20.4. The Bertz CT molecular complexity index is 1340. The summed E-state index contributed by atoms with van der Waals surface area (Å²) in [6, 6.07) is 14.1. The lowest BCUT2D eigenvalue weighted by Gasteiger charge is -2.27. The summed E-state index contributed by atoms with van der Waals surface area (Å²) in [6.45, 7) is 9.67. The minimum Gasteiger partial charge on any atom is -0.378 e. The van der Waals surface area contributed by atoms with Crippen LogP contribution in [0.25, 0.3) is 22.3 Å². The molecule has 8 nitrogen and oxygen atoms in total. The standard InChI is InChI=1S/C27H30N6O2/c1-18(2)33-26-23(17-30-33)22(14-24(31-26)21-7-5-4-6-19(21)3)27(34)29-16-20-8-9-25(28-15-20)32-10-12-35-13-11-32/h4-9,14-15,17-18H,10-13,16H2,1-3H3,(H,29,34). The Morgan fingerprint density at radius 2 is 1.91 bits per heavy atom. The maximum absolute atomic E-state index is 13.4. The monoisotopic (exact) mass is 470 g/mol. The predicted molar refractivity (Wildman–Crippen MR) is 137 cm³/mol. The fourth-order valence-electron chi connectivity index (χ4n) is 4.36. The van der Waals surface area contributed by atoms with Gasteiger partial charge in [0, 0.05) is 37.4 Å². The van der Waals surface area contributed by atoms with Gasteiger partial charge in [-0.1, -0.05) is 30.3 Å². The smallest absolute Gasteiger partial charge is 0.252 e. The zero-order valence-corrected chi connectivity index (χ0v) is 20.4. The number of benzene rings is 1. The normalized spacial score (nSPS) is 14.0. The van der Waals surface area contributed by atoms with Gasteiger partial charge in [0.25, 0.3) is 5.91 Å². The van der Waals surface area contributed by atoms with Gasteiger partial charge in [0.05, 0.1) is 36.1 Å². The first kappa shape index (κ1) is 23.0. The third-order valence-electron chi connectivity index (χ3n) is 6.32. The van der Waals surface area contributed by atoms with Crippen molar-refractivity contribution in [1.82, 2.24) is 25.1 Å². The number of aryl methyl sites for hydroxylation is 1. The van der Waals surface area contributed by atoms with Crippen molar-refractivity contribution in [2.75, 3.05) is 31.2 Å². The molecular weight excluding hydrogens is 440 g/mol. The second-order valence-electron chi connectivity index (χ2n) is 9.10. The van der Waals surface area contributed by atoms with Crippen LogP contribution in [0.3, 0.4) is 0 Å². The molecule has 4 aromatic rings. The molecule has 3 aromatic heterocycles. The number of nitrogens with one attached hydrogen (secondary N) is 1. The first-order chi connectivity index (χ1) is 17.0. The van der Waals surface area contributed by atoms with Gasteiger partial charge < -0.3 is 15.0 Å². The highest BCUT2D eigenvalue weighted by atomic mass is 16.5. The highest BCUT2D eigenvalue weighted by Crippen LogP contribution is 2.28. The van der Waals surface area contributed by atoms with Gasteiger partial charge in [-0.05, 0) is 44.0 Å². The van der Waals surface area contributed by atoms with Gasteiger partial charge in [-0.2, -0.15) is 5.10 Å². The minimum absolute atomic E-state index is 0.124. The first-order valence-corrected chi connectivity index (χ1v) is 12.0. The molecule has 0 atom stereocenters. The SMILES string of the molecule is Cc1ccccc1-c1cc(C(=O)NCc2ccc(N3CCOCC3)nc2)c2cnn(C(C)C)c2n1. The van der Waals surface area contributed by atoms with Crippen molar-refractivity contribution in [1.29, 1.82) is 0 Å². The number of nitrogens with zero attached hydrogens (tertiary/aromatic N) is 5. The third-order valence-corrected chi connectivity index (χ3v) is 6.32. The number of fused-ring (bicyclic) bond motifs is 1. The van der Waals surface area contributed by atoms with E-state index in [1.165, 1.54) is 0 Å². The van der Waals surface area contributed by atoms with Crippen molar-refractivity contribution >= 4 is 22.8 Å². The molecule has 1 saturated heterocycles. The van der Waals surface area contributed by atoms with E-state index < -0.39 is 0 Å². The Balaban J connectivity index is 1.41. The van der Waals surface area contributed by atoms with Gasteiger partial charge in [0.1, 0.15) is 5.82 Å². The third kappa shape index (κ3) is 4.74. The number of hydrogen-bond acceptors (Lipinski definition) is 6. The van der Waals surface area contributed by atoms with Crippen molar-refractivity contribution in [2.24, 2.45) is 0 Å². The zero-order chi connectivity index (χ0) is 24.4. The Labute approximate surface area is 205 Å². The van der Waals surface area contributed by atoms with Crippen molar-refractivity contribution in [3.05, 3.63) is 71.5 Å². The lowest BCUT2D eigenvalue weighted by Crippen LogP contribution is -2.36. The average molecular weight is 471 g/mol. The van der Waals surface area contributed by atoms with Crippen LogP contribution in [-0.4, -0.2) is 52.0 Å². The van der Waals surface area contributed by atoms with Crippen LogP contribution in [0, 0.1) is 6.92 Å². The first-order valence-electron chi connectivity index (χ1n) is 12.0. The van der Waals surface area contributed by atoms with Crippen LogP contribution >= 0.6 is 0 Å². The molecule has 180 valence electrons. The molecule has 1 aromatic carbocycles. The Morgan fingerprint density at radius 3 is 2.63 bits per heavy atom. The summed E-state index contributed by atoms with van der Waals surface area (Å²) < 4.78 is 7.28. The number of carbonyl (C=O) groups excluding carboxylic acids is 1. The van der Waals surface area contributed by atoms with Gasteiger partial charge in [-0.25, -0.2) is 14.6 Å². The van der Waals surface area contributed by atoms with Gasteiger partial charge in [-0.3, -0.25) is 4.79 Å². The fraction of sp³-hybridized carbons (Fsp3) is 0.333. The Morgan fingerprint density at radius 1 is 1.11 bits per heavy atom. The van der Waals surface area contributed by atoms with E-state index in [2.05, 4.69) is 34.1 Å². The summed E-state index contributed by atoms with van der Waals surface area (Å²) in [5.41, 5.74) is 5.09. The highest BCUT2D eigenvalue weighted by molar-refractivity contribution is 6.06. The molecule has 1 aliphatic heterocycles. The van der Waals surface area contributed by atoms with Crippen LogP contribution in [0.1, 0.15) is 41.4 Å². The summed E-state index contributed by atoms with van der Waals surface area (Å²) in [7, 11) is 0. The summed E-state index contributed by atoms with van der Waals surface area (Å²) in [5.74, 6) is 0.774. The molecule has 8 heteroatoms. The number of hydrogen-bond donors (Lipinski definition) is 1. The molecular formula is C27H30N6O2.